The first-order valence-electron chi connectivity index (χ1n) is 8.30. The Morgan fingerprint density at radius 3 is 2.40 bits per heavy atom. The van der Waals surface area contributed by atoms with Crippen LogP contribution in [-0.4, -0.2) is 30.0 Å². The van der Waals surface area contributed by atoms with Crippen LogP contribution in [0.3, 0.4) is 0 Å². The number of esters is 1. The molecule has 2 rings (SSSR count). The van der Waals surface area contributed by atoms with Crippen molar-refractivity contribution in [3.63, 3.8) is 0 Å². The predicted molar refractivity (Wildman–Crippen MR) is 99.5 cm³/mol. The molecule has 0 aliphatic heterocycles. The number of ether oxygens (including phenoxy) is 1. The molecule has 5 nitrogen and oxygen atoms in total. The molecule has 1 aromatic carbocycles. The topological polar surface area (TPSA) is 60.3 Å². The number of hydrogen-bond acceptors (Lipinski definition) is 4. The highest BCUT2D eigenvalue weighted by Crippen LogP contribution is 2.24. The van der Waals surface area contributed by atoms with Crippen molar-refractivity contribution in [1.29, 1.82) is 0 Å². The summed E-state index contributed by atoms with van der Waals surface area (Å²) in [5.74, 6) is -0.379. The zero-order valence-electron chi connectivity index (χ0n) is 15.8. The molecule has 25 heavy (non-hydrogen) atoms. The van der Waals surface area contributed by atoms with Crippen molar-refractivity contribution >= 4 is 17.4 Å². The normalized spacial score (nSPS) is 11.3. The van der Waals surface area contributed by atoms with E-state index in [0.29, 0.717) is 11.3 Å². The number of aryl methyl sites for hydroxylation is 1. The van der Waals surface area contributed by atoms with Crippen LogP contribution in [0.5, 0.6) is 0 Å². The summed E-state index contributed by atoms with van der Waals surface area (Å²) in [6.07, 6.45) is 0. The van der Waals surface area contributed by atoms with Gasteiger partial charge < -0.3 is 14.6 Å². The molecule has 5 heteroatoms. The van der Waals surface area contributed by atoms with Gasteiger partial charge >= 0.3 is 5.97 Å². The van der Waals surface area contributed by atoms with Gasteiger partial charge in [-0.25, -0.2) is 4.79 Å². The standard InChI is InChI=1S/C20H26N2O3/c1-13-10-17(14(2)22(13)20(3,4)5)18(23)12-21-16-9-7-8-15(11-16)19(24)25-6/h7-11,21H,12H2,1-6H3. The Balaban J connectivity index is 2.15. The number of methoxy groups -OCH3 is 1. The summed E-state index contributed by atoms with van der Waals surface area (Å²) in [5.41, 5.74) is 3.85. The summed E-state index contributed by atoms with van der Waals surface area (Å²) in [5, 5.41) is 3.09. The molecule has 1 heterocycles. The number of carbonyl (C=O) groups excluding carboxylic acids is 2. The predicted octanol–water partition coefficient (Wildman–Crippen LogP) is 3.94. The van der Waals surface area contributed by atoms with E-state index in [0.717, 1.165) is 17.0 Å². The van der Waals surface area contributed by atoms with E-state index in [4.69, 9.17) is 4.74 Å². The second-order valence-corrected chi connectivity index (χ2v) is 7.14. The monoisotopic (exact) mass is 342 g/mol. The van der Waals surface area contributed by atoms with Crippen molar-refractivity contribution in [3.8, 4) is 0 Å². The van der Waals surface area contributed by atoms with E-state index < -0.39 is 5.97 Å². The van der Waals surface area contributed by atoms with Crippen LogP contribution in [0, 0.1) is 13.8 Å². The summed E-state index contributed by atoms with van der Waals surface area (Å²) >= 11 is 0. The summed E-state index contributed by atoms with van der Waals surface area (Å²) in [6, 6.07) is 8.87. The largest absolute Gasteiger partial charge is 0.465 e. The number of rotatable bonds is 5. The molecule has 0 aliphatic carbocycles. The number of Topliss-reactive ketones (excluding diaryl/α,β-unsaturated/α-hetero) is 1. The van der Waals surface area contributed by atoms with E-state index in [1.807, 2.05) is 26.0 Å². The summed E-state index contributed by atoms with van der Waals surface area (Å²) in [6.45, 7) is 10.5. The Hall–Kier alpha value is -2.56. The van der Waals surface area contributed by atoms with Crippen LogP contribution in [-0.2, 0) is 10.3 Å². The molecular formula is C20H26N2O3. The molecule has 0 bridgehead atoms. The molecule has 0 saturated carbocycles. The Bertz CT molecular complexity index is 798. The van der Waals surface area contributed by atoms with Gasteiger partial charge in [-0.2, -0.15) is 0 Å². The van der Waals surface area contributed by atoms with Crippen LogP contribution in [0.1, 0.15) is 52.9 Å². The highest BCUT2D eigenvalue weighted by atomic mass is 16.5. The molecule has 0 saturated heterocycles. The number of nitrogens with zero attached hydrogens (tertiary/aromatic N) is 1. The lowest BCUT2D eigenvalue weighted by Crippen LogP contribution is -2.24. The lowest BCUT2D eigenvalue weighted by atomic mass is 10.1. The lowest BCUT2D eigenvalue weighted by molar-refractivity contribution is 0.0600. The van der Waals surface area contributed by atoms with Crippen molar-refractivity contribution < 1.29 is 14.3 Å². The Morgan fingerprint density at radius 1 is 1.16 bits per heavy atom. The number of hydrogen-bond donors (Lipinski definition) is 1. The molecule has 0 radical (unpaired) electrons. The molecule has 134 valence electrons. The number of aromatic nitrogens is 1. The maximum Gasteiger partial charge on any atom is 0.337 e. The summed E-state index contributed by atoms with van der Waals surface area (Å²) < 4.78 is 6.89. The zero-order valence-corrected chi connectivity index (χ0v) is 15.8. The van der Waals surface area contributed by atoms with E-state index >= 15 is 0 Å². The van der Waals surface area contributed by atoms with Crippen molar-refractivity contribution in [2.24, 2.45) is 0 Å². The number of carbonyl (C=O) groups is 2. The van der Waals surface area contributed by atoms with Crippen LogP contribution >= 0.6 is 0 Å². The van der Waals surface area contributed by atoms with Gasteiger partial charge in [0, 0.05) is 28.2 Å². The van der Waals surface area contributed by atoms with Gasteiger partial charge in [-0.15, -0.1) is 0 Å². The first-order chi connectivity index (χ1) is 11.6. The van der Waals surface area contributed by atoms with Crippen LogP contribution in [0.15, 0.2) is 30.3 Å². The third kappa shape index (κ3) is 4.10. The van der Waals surface area contributed by atoms with Crippen molar-refractivity contribution in [2.75, 3.05) is 19.0 Å². The van der Waals surface area contributed by atoms with Crippen molar-refractivity contribution in [3.05, 3.63) is 52.8 Å². The summed E-state index contributed by atoms with van der Waals surface area (Å²) in [7, 11) is 1.34. The minimum atomic E-state index is -0.399. The van der Waals surface area contributed by atoms with E-state index in [9.17, 15) is 9.59 Å². The molecular weight excluding hydrogens is 316 g/mol. The third-order valence-corrected chi connectivity index (χ3v) is 4.14. The van der Waals surface area contributed by atoms with Gasteiger partial charge in [0.1, 0.15) is 0 Å². The van der Waals surface area contributed by atoms with Gasteiger partial charge in [-0.3, -0.25) is 4.79 Å². The molecule has 1 N–H and O–H groups in total. The van der Waals surface area contributed by atoms with Crippen LogP contribution in [0.2, 0.25) is 0 Å². The van der Waals surface area contributed by atoms with E-state index in [2.05, 4.69) is 30.7 Å². The van der Waals surface area contributed by atoms with Gasteiger partial charge in [0.15, 0.2) is 5.78 Å². The van der Waals surface area contributed by atoms with Gasteiger partial charge in [0.05, 0.1) is 19.2 Å². The van der Waals surface area contributed by atoms with Crippen LogP contribution in [0.4, 0.5) is 5.69 Å². The third-order valence-electron chi connectivity index (χ3n) is 4.14. The minimum absolute atomic E-state index is 0.0204. The second kappa shape index (κ2) is 7.13. The second-order valence-electron chi connectivity index (χ2n) is 7.14. The highest BCUT2D eigenvalue weighted by Gasteiger charge is 2.22. The highest BCUT2D eigenvalue weighted by molar-refractivity contribution is 6.00. The quantitative estimate of drug-likeness (QED) is 0.660. The lowest BCUT2D eigenvalue weighted by Gasteiger charge is -2.25. The molecule has 0 unspecified atom stereocenters. The summed E-state index contributed by atoms with van der Waals surface area (Å²) in [4.78, 5) is 24.2. The minimum Gasteiger partial charge on any atom is -0.465 e. The number of anilines is 1. The maximum absolute atomic E-state index is 12.6. The van der Waals surface area contributed by atoms with Crippen LogP contribution in [0.25, 0.3) is 0 Å². The first kappa shape index (κ1) is 18.8. The van der Waals surface area contributed by atoms with Gasteiger partial charge in [0.25, 0.3) is 0 Å². The average molecular weight is 342 g/mol. The number of benzene rings is 1. The Kier molecular flexibility index (Phi) is 5.36. The van der Waals surface area contributed by atoms with E-state index in [1.165, 1.54) is 7.11 Å². The molecule has 2 aromatic rings. The average Bonchev–Trinajstić information content (AvgIpc) is 2.86. The molecule has 0 atom stereocenters. The van der Waals surface area contributed by atoms with Gasteiger partial charge in [-0.1, -0.05) is 6.07 Å². The SMILES string of the molecule is COC(=O)c1cccc(NCC(=O)c2cc(C)n(C(C)(C)C)c2C)c1. The Morgan fingerprint density at radius 2 is 1.84 bits per heavy atom. The van der Waals surface area contributed by atoms with Crippen LogP contribution < -0.4 is 5.32 Å². The van der Waals surface area contributed by atoms with Crippen molar-refractivity contribution in [2.45, 2.75) is 40.2 Å². The first-order valence-corrected chi connectivity index (χ1v) is 8.30. The number of nitrogens with one attached hydrogen (secondary N) is 1. The van der Waals surface area contributed by atoms with E-state index in [-0.39, 0.29) is 17.9 Å². The van der Waals surface area contributed by atoms with Gasteiger partial charge in [0.2, 0.25) is 0 Å². The van der Waals surface area contributed by atoms with Crippen molar-refractivity contribution in [1.82, 2.24) is 4.57 Å². The molecule has 0 amide bonds. The fourth-order valence-electron chi connectivity index (χ4n) is 3.23. The van der Waals surface area contributed by atoms with E-state index in [1.54, 1.807) is 18.2 Å². The molecule has 0 fully saturated rings. The fraction of sp³-hybridized carbons (Fsp3) is 0.400. The molecule has 0 spiro atoms. The zero-order chi connectivity index (χ0) is 18.8. The smallest absolute Gasteiger partial charge is 0.337 e. The molecule has 1 aromatic heterocycles. The number of ketones is 1. The molecule has 0 aliphatic rings. The fourth-order valence-corrected chi connectivity index (χ4v) is 3.23. The van der Waals surface area contributed by atoms with Gasteiger partial charge in [-0.05, 0) is 58.9 Å². The maximum atomic E-state index is 12.6. The Labute approximate surface area is 149 Å².